The van der Waals surface area contributed by atoms with Crippen molar-refractivity contribution in [3.05, 3.63) is 59.2 Å². The summed E-state index contributed by atoms with van der Waals surface area (Å²) in [5.74, 6) is 2.18. The van der Waals surface area contributed by atoms with Crippen molar-refractivity contribution in [1.82, 2.24) is 4.90 Å². The molecule has 2 atom stereocenters. The van der Waals surface area contributed by atoms with Crippen LogP contribution in [0, 0.1) is 0 Å². The first-order valence-electron chi connectivity index (χ1n) is 8.54. The molecule has 0 aromatic heterocycles. The minimum absolute atomic E-state index is 0.335. The topological polar surface area (TPSA) is 21.7 Å². The molecule has 0 fully saturated rings. The van der Waals surface area contributed by atoms with Gasteiger partial charge in [0.1, 0.15) is 0 Å². The average Bonchev–Trinajstić information content (AvgIpc) is 3.20. The molecule has 120 valence electrons. The van der Waals surface area contributed by atoms with Gasteiger partial charge in [-0.1, -0.05) is 44.2 Å². The number of fused-ring (bicyclic) bond motifs is 2. The lowest BCUT2D eigenvalue weighted by Gasteiger charge is -2.27. The number of ether oxygens (including phenoxy) is 2. The maximum absolute atomic E-state index is 5.57. The fraction of sp³-hybridized carbons (Fsp3) is 0.400. The fourth-order valence-corrected chi connectivity index (χ4v) is 4.06. The molecule has 0 unspecified atom stereocenters. The van der Waals surface area contributed by atoms with Crippen molar-refractivity contribution in [2.75, 3.05) is 19.9 Å². The first kappa shape index (κ1) is 14.6. The Labute approximate surface area is 137 Å². The Kier molecular flexibility index (Phi) is 3.74. The van der Waals surface area contributed by atoms with E-state index >= 15 is 0 Å². The first-order valence-corrected chi connectivity index (χ1v) is 8.54. The molecule has 23 heavy (non-hydrogen) atoms. The summed E-state index contributed by atoms with van der Waals surface area (Å²) >= 11 is 0. The van der Waals surface area contributed by atoms with Gasteiger partial charge >= 0.3 is 0 Å². The summed E-state index contributed by atoms with van der Waals surface area (Å²) in [6, 6.07) is 15.8. The van der Waals surface area contributed by atoms with Crippen LogP contribution in [0.2, 0.25) is 0 Å². The van der Waals surface area contributed by atoms with Gasteiger partial charge in [-0.05, 0) is 48.3 Å². The number of benzene rings is 2. The van der Waals surface area contributed by atoms with Gasteiger partial charge in [0.05, 0.1) is 0 Å². The van der Waals surface area contributed by atoms with Gasteiger partial charge in [0.25, 0.3) is 0 Å². The van der Waals surface area contributed by atoms with Gasteiger partial charge in [-0.25, -0.2) is 0 Å². The Bertz CT molecular complexity index is 709. The second kappa shape index (κ2) is 5.89. The van der Waals surface area contributed by atoms with Crippen LogP contribution in [-0.2, 0) is 0 Å². The molecular formula is C20H23NO2. The lowest BCUT2D eigenvalue weighted by atomic mass is 9.92. The molecule has 4 rings (SSSR count). The minimum Gasteiger partial charge on any atom is -0.454 e. The van der Waals surface area contributed by atoms with Crippen LogP contribution >= 0.6 is 0 Å². The quantitative estimate of drug-likeness (QED) is 0.839. The van der Waals surface area contributed by atoms with E-state index in [9.17, 15) is 0 Å². The Hall–Kier alpha value is -2.00. The molecule has 1 aliphatic carbocycles. The highest BCUT2D eigenvalue weighted by Gasteiger charge is 2.34. The van der Waals surface area contributed by atoms with Crippen LogP contribution in [0.4, 0.5) is 0 Å². The summed E-state index contributed by atoms with van der Waals surface area (Å²) in [7, 11) is 0. The smallest absolute Gasteiger partial charge is 0.231 e. The van der Waals surface area contributed by atoms with Crippen molar-refractivity contribution in [2.24, 2.45) is 0 Å². The van der Waals surface area contributed by atoms with Gasteiger partial charge in [-0.2, -0.15) is 0 Å². The highest BCUT2D eigenvalue weighted by molar-refractivity contribution is 5.50. The monoisotopic (exact) mass is 309 g/mol. The van der Waals surface area contributed by atoms with Gasteiger partial charge < -0.3 is 9.47 Å². The van der Waals surface area contributed by atoms with Crippen molar-refractivity contribution in [1.29, 1.82) is 0 Å². The highest BCUT2D eigenvalue weighted by Crippen LogP contribution is 2.48. The predicted molar refractivity (Wildman–Crippen MR) is 91.1 cm³/mol. The van der Waals surface area contributed by atoms with Gasteiger partial charge in [0.2, 0.25) is 6.79 Å². The lowest BCUT2D eigenvalue weighted by Crippen LogP contribution is -2.27. The van der Waals surface area contributed by atoms with E-state index in [1.54, 1.807) is 0 Å². The molecule has 2 aromatic rings. The molecule has 0 spiro atoms. The predicted octanol–water partition coefficient (Wildman–Crippen LogP) is 4.33. The SMILES string of the molecule is CCN(CC)[C@@H]1C[C@H](c2ccc3c(c2)OCO3)c2ccccc21. The zero-order valence-corrected chi connectivity index (χ0v) is 13.8. The minimum atomic E-state index is 0.335. The van der Waals surface area contributed by atoms with Crippen LogP contribution < -0.4 is 9.47 Å². The van der Waals surface area contributed by atoms with Crippen LogP contribution in [0.25, 0.3) is 0 Å². The Balaban J connectivity index is 1.73. The van der Waals surface area contributed by atoms with Gasteiger partial charge in [0, 0.05) is 12.0 Å². The lowest BCUT2D eigenvalue weighted by molar-refractivity contribution is 0.174. The molecule has 1 aliphatic heterocycles. The molecule has 3 nitrogen and oxygen atoms in total. The molecule has 0 N–H and O–H groups in total. The van der Waals surface area contributed by atoms with Crippen molar-refractivity contribution in [3.63, 3.8) is 0 Å². The number of rotatable bonds is 4. The summed E-state index contributed by atoms with van der Waals surface area (Å²) in [5.41, 5.74) is 4.28. The standard InChI is InChI=1S/C20H23NO2/c1-3-21(4-2)18-12-17(15-7-5-6-8-16(15)18)14-9-10-19-20(11-14)23-13-22-19/h5-11,17-18H,3-4,12-13H2,1-2H3/t17-,18-/m1/s1. The molecule has 0 saturated heterocycles. The third kappa shape index (κ3) is 2.40. The zero-order valence-electron chi connectivity index (χ0n) is 13.8. The maximum Gasteiger partial charge on any atom is 0.231 e. The average molecular weight is 309 g/mol. The number of nitrogens with zero attached hydrogens (tertiary/aromatic N) is 1. The van der Waals surface area contributed by atoms with Crippen molar-refractivity contribution in [3.8, 4) is 11.5 Å². The summed E-state index contributed by atoms with van der Waals surface area (Å²) in [6.07, 6.45) is 1.14. The van der Waals surface area contributed by atoms with E-state index in [2.05, 4.69) is 55.1 Å². The summed E-state index contributed by atoms with van der Waals surface area (Å²) < 4.78 is 11.0. The second-order valence-electron chi connectivity index (χ2n) is 6.27. The van der Waals surface area contributed by atoms with Crippen molar-refractivity contribution in [2.45, 2.75) is 32.2 Å². The van der Waals surface area contributed by atoms with Crippen LogP contribution in [0.3, 0.4) is 0 Å². The van der Waals surface area contributed by atoms with E-state index in [-0.39, 0.29) is 0 Å². The Morgan fingerprint density at radius 2 is 1.70 bits per heavy atom. The second-order valence-corrected chi connectivity index (χ2v) is 6.27. The maximum atomic E-state index is 5.57. The molecular weight excluding hydrogens is 286 g/mol. The first-order chi connectivity index (χ1) is 11.3. The fourth-order valence-electron chi connectivity index (χ4n) is 4.06. The normalized spacial score (nSPS) is 21.7. The molecule has 2 aromatic carbocycles. The van der Waals surface area contributed by atoms with Crippen LogP contribution in [-0.4, -0.2) is 24.8 Å². The van der Waals surface area contributed by atoms with Crippen LogP contribution in [0.1, 0.15) is 48.9 Å². The molecule has 0 saturated carbocycles. The van der Waals surface area contributed by atoms with Gasteiger partial charge in [0.15, 0.2) is 11.5 Å². The van der Waals surface area contributed by atoms with Crippen molar-refractivity contribution >= 4 is 0 Å². The molecule has 0 bridgehead atoms. The summed E-state index contributed by atoms with van der Waals surface area (Å²) in [6.45, 7) is 7.01. The number of hydrogen-bond acceptors (Lipinski definition) is 3. The van der Waals surface area contributed by atoms with E-state index in [4.69, 9.17) is 9.47 Å². The molecule has 1 heterocycles. The summed E-state index contributed by atoms with van der Waals surface area (Å²) in [5, 5.41) is 0. The van der Waals surface area contributed by atoms with Crippen molar-refractivity contribution < 1.29 is 9.47 Å². The molecule has 3 heteroatoms. The van der Waals surface area contributed by atoms with Gasteiger partial charge in [-0.3, -0.25) is 4.90 Å². The molecule has 2 aliphatic rings. The highest BCUT2D eigenvalue weighted by atomic mass is 16.7. The van der Waals surface area contributed by atoms with Gasteiger partial charge in [-0.15, -0.1) is 0 Å². The third-order valence-electron chi connectivity index (χ3n) is 5.24. The van der Waals surface area contributed by atoms with E-state index < -0.39 is 0 Å². The molecule has 0 amide bonds. The zero-order chi connectivity index (χ0) is 15.8. The van der Waals surface area contributed by atoms with E-state index in [1.807, 2.05) is 6.07 Å². The van der Waals surface area contributed by atoms with Crippen LogP contribution in [0.15, 0.2) is 42.5 Å². The Morgan fingerprint density at radius 1 is 0.957 bits per heavy atom. The van der Waals surface area contributed by atoms with E-state index in [0.717, 1.165) is 31.0 Å². The number of hydrogen-bond donors (Lipinski definition) is 0. The summed E-state index contributed by atoms with van der Waals surface area (Å²) in [4.78, 5) is 2.56. The Morgan fingerprint density at radius 3 is 2.48 bits per heavy atom. The van der Waals surface area contributed by atoms with E-state index in [1.165, 1.54) is 16.7 Å². The van der Waals surface area contributed by atoms with Crippen LogP contribution in [0.5, 0.6) is 11.5 Å². The third-order valence-corrected chi connectivity index (χ3v) is 5.24. The largest absolute Gasteiger partial charge is 0.454 e. The molecule has 0 radical (unpaired) electrons. The van der Waals surface area contributed by atoms with E-state index in [0.29, 0.717) is 18.8 Å².